The van der Waals surface area contributed by atoms with Gasteiger partial charge in [0.15, 0.2) is 0 Å². The van der Waals surface area contributed by atoms with Gasteiger partial charge in [0.2, 0.25) is 0 Å². The second kappa shape index (κ2) is 6.71. The van der Waals surface area contributed by atoms with Crippen molar-refractivity contribution >= 4 is 32.7 Å². The van der Waals surface area contributed by atoms with E-state index in [1.54, 1.807) is 12.1 Å². The first kappa shape index (κ1) is 16.6. The molecule has 3 rings (SSSR count). The Bertz CT molecular complexity index is 781. The molecule has 0 fully saturated rings. The molecule has 5 nitrogen and oxygen atoms in total. The molecule has 2 aromatic rings. The SMILES string of the molecule is COc1ccc2c(c1)[Te](O[Cl+3]([O-])([O-])[O-])=C(c1ccccc1)C=C2. The Hall–Kier alpha value is -1.23. The van der Waals surface area contributed by atoms with E-state index in [-0.39, 0.29) is 0 Å². The van der Waals surface area contributed by atoms with E-state index in [0.717, 1.165) is 18.3 Å². The Balaban J connectivity index is 2.21. The van der Waals surface area contributed by atoms with Gasteiger partial charge < -0.3 is 0 Å². The standard InChI is InChI=1S/C16H13ClO5Te/c1-21-14-9-7-13-8-10-15(12-5-3-2-4-6-12)23(16(13)11-14)22-17(18,19)20/h2-11H,1H3. The van der Waals surface area contributed by atoms with E-state index in [4.69, 9.17) is 7.39 Å². The summed E-state index contributed by atoms with van der Waals surface area (Å²) in [5, 5.41) is 0. The summed E-state index contributed by atoms with van der Waals surface area (Å²) in [4.78, 5) is 0. The van der Waals surface area contributed by atoms with Crippen molar-refractivity contribution < 1.29 is 31.6 Å². The van der Waals surface area contributed by atoms with E-state index in [1.807, 2.05) is 48.6 Å². The minimum atomic E-state index is -4.50. The molecule has 0 bridgehead atoms. The fraction of sp³-hybridized carbons (Fsp3) is 0.0625. The molecule has 0 aliphatic carbocycles. The summed E-state index contributed by atoms with van der Waals surface area (Å²) in [6.07, 6.45) is 3.73. The van der Waals surface area contributed by atoms with Gasteiger partial charge in [-0.25, -0.2) is 0 Å². The number of benzene rings is 2. The molecule has 1 heterocycles. The van der Waals surface area contributed by atoms with E-state index >= 15 is 0 Å². The summed E-state index contributed by atoms with van der Waals surface area (Å²) in [5.74, 6) is 0.598. The van der Waals surface area contributed by atoms with Crippen LogP contribution in [0.1, 0.15) is 11.1 Å². The van der Waals surface area contributed by atoms with Crippen molar-refractivity contribution in [2.24, 2.45) is 0 Å². The van der Waals surface area contributed by atoms with E-state index < -0.39 is 29.7 Å². The van der Waals surface area contributed by atoms with Crippen molar-refractivity contribution in [1.29, 1.82) is 0 Å². The Morgan fingerprint density at radius 1 is 0.957 bits per heavy atom. The molecule has 0 aromatic heterocycles. The number of halogens is 1. The van der Waals surface area contributed by atoms with Crippen LogP contribution in [0, 0.1) is 10.2 Å². The third kappa shape index (κ3) is 3.82. The summed E-state index contributed by atoms with van der Waals surface area (Å²) < 4.78 is 45.3. The Morgan fingerprint density at radius 2 is 1.70 bits per heavy atom. The quantitative estimate of drug-likeness (QED) is 0.540. The fourth-order valence-electron chi connectivity index (χ4n) is 2.24. The van der Waals surface area contributed by atoms with Gasteiger partial charge in [0, 0.05) is 0 Å². The van der Waals surface area contributed by atoms with E-state index in [9.17, 15) is 14.0 Å². The van der Waals surface area contributed by atoms with E-state index in [1.165, 1.54) is 7.11 Å². The third-order valence-electron chi connectivity index (χ3n) is 3.23. The molecule has 0 amide bonds. The summed E-state index contributed by atoms with van der Waals surface area (Å²) in [7, 11) is -2.97. The predicted octanol–water partition coefficient (Wildman–Crippen LogP) is -1.36. The molecule has 23 heavy (non-hydrogen) atoms. The van der Waals surface area contributed by atoms with Crippen molar-refractivity contribution in [1.82, 2.24) is 0 Å². The minimum absolute atomic E-state index is 0.598. The first-order chi connectivity index (χ1) is 11.0. The Morgan fingerprint density at radius 3 is 2.35 bits per heavy atom. The molecule has 0 atom stereocenters. The molecule has 0 saturated heterocycles. The fourth-order valence-corrected chi connectivity index (χ4v) is 8.87. The number of allylic oxidation sites excluding steroid dienone is 1. The average Bonchev–Trinajstić information content (AvgIpc) is 2.54. The zero-order valence-electron chi connectivity index (χ0n) is 12.1. The van der Waals surface area contributed by atoms with Gasteiger partial charge in [0.25, 0.3) is 0 Å². The summed E-state index contributed by atoms with van der Waals surface area (Å²) in [5.41, 5.74) is 1.70. The first-order valence-corrected chi connectivity index (χ1v) is 11.1. The second-order valence-corrected chi connectivity index (χ2v) is 10.7. The van der Waals surface area contributed by atoms with Gasteiger partial charge >= 0.3 is 143 Å². The monoisotopic (exact) mass is 450 g/mol. The van der Waals surface area contributed by atoms with Crippen LogP contribution in [0.15, 0.2) is 54.6 Å². The van der Waals surface area contributed by atoms with E-state index in [0.29, 0.717) is 5.75 Å². The van der Waals surface area contributed by atoms with Crippen LogP contribution < -0.4 is 22.3 Å². The maximum atomic E-state index is 11.2. The van der Waals surface area contributed by atoms with Crippen LogP contribution in [-0.2, 0) is 2.65 Å². The number of fused-ring (bicyclic) bond motifs is 1. The van der Waals surface area contributed by atoms with Crippen LogP contribution in [0.2, 0.25) is 0 Å². The second-order valence-electron chi connectivity index (χ2n) is 4.68. The maximum absolute atomic E-state index is 11.2. The molecule has 2 aromatic carbocycles. The molecular weight excluding hydrogens is 435 g/mol. The predicted molar refractivity (Wildman–Crippen MR) is 79.1 cm³/mol. The number of ether oxygens (including phenoxy) is 1. The molecule has 7 heteroatoms. The molecule has 0 N–H and O–H groups in total. The molecular formula is C16H13ClO5Te. The number of hydrogen-bond acceptors (Lipinski definition) is 5. The summed E-state index contributed by atoms with van der Waals surface area (Å²) in [6, 6.07) is 14.7. The number of rotatable bonds is 4. The molecule has 1 aliphatic heterocycles. The van der Waals surface area contributed by atoms with E-state index in [2.05, 4.69) is 0 Å². The molecule has 0 spiro atoms. The van der Waals surface area contributed by atoms with Crippen LogP contribution in [0.5, 0.6) is 5.75 Å². The Kier molecular flexibility index (Phi) is 4.85. The zero-order chi connectivity index (χ0) is 16.4. The summed E-state index contributed by atoms with van der Waals surface area (Å²) in [6.45, 7) is 0. The van der Waals surface area contributed by atoms with Crippen LogP contribution in [-0.4, -0.2) is 30.2 Å². The van der Waals surface area contributed by atoms with Crippen molar-refractivity contribution in [2.45, 2.75) is 0 Å². The van der Waals surface area contributed by atoms with Gasteiger partial charge in [-0.15, -0.1) is 0 Å². The van der Waals surface area contributed by atoms with Gasteiger partial charge in [-0.2, -0.15) is 0 Å². The van der Waals surface area contributed by atoms with Gasteiger partial charge in [0.1, 0.15) is 0 Å². The van der Waals surface area contributed by atoms with Crippen LogP contribution in [0.3, 0.4) is 0 Å². The summed E-state index contributed by atoms with van der Waals surface area (Å²) >= 11 is -3.07. The number of hydrogen-bond donors (Lipinski definition) is 0. The van der Waals surface area contributed by atoms with Gasteiger partial charge in [-0.05, 0) is 0 Å². The molecule has 1 aliphatic rings. The first-order valence-electron chi connectivity index (χ1n) is 6.61. The topological polar surface area (TPSA) is 87.6 Å². The zero-order valence-corrected chi connectivity index (χ0v) is 15.2. The normalized spacial score (nSPS) is 14.7. The van der Waals surface area contributed by atoms with Gasteiger partial charge in [-0.1, -0.05) is 0 Å². The van der Waals surface area contributed by atoms with Crippen LogP contribution in [0.4, 0.5) is 0 Å². The molecule has 0 radical (unpaired) electrons. The van der Waals surface area contributed by atoms with Crippen molar-refractivity contribution in [3.63, 3.8) is 0 Å². The van der Waals surface area contributed by atoms with Crippen LogP contribution >= 0.6 is 0 Å². The van der Waals surface area contributed by atoms with Crippen molar-refractivity contribution in [3.05, 3.63) is 65.7 Å². The average molecular weight is 448 g/mol. The van der Waals surface area contributed by atoms with Gasteiger partial charge in [-0.3, -0.25) is 0 Å². The van der Waals surface area contributed by atoms with Crippen molar-refractivity contribution in [3.8, 4) is 5.75 Å². The number of methoxy groups -OCH3 is 1. The molecule has 120 valence electrons. The molecule has 0 saturated carbocycles. The van der Waals surface area contributed by atoms with Crippen molar-refractivity contribution in [2.75, 3.05) is 7.11 Å². The molecule has 0 unspecified atom stereocenters. The van der Waals surface area contributed by atoms with Gasteiger partial charge in [0.05, 0.1) is 0 Å². The van der Waals surface area contributed by atoms with Crippen LogP contribution in [0.25, 0.3) is 6.08 Å². The Labute approximate surface area is 142 Å². The third-order valence-corrected chi connectivity index (χ3v) is 10.3.